The van der Waals surface area contributed by atoms with Crippen molar-refractivity contribution in [2.45, 2.75) is 34.2 Å². The quantitative estimate of drug-likeness (QED) is 0.925. The van der Waals surface area contributed by atoms with Gasteiger partial charge in [-0.2, -0.15) is 5.10 Å². The summed E-state index contributed by atoms with van der Waals surface area (Å²) in [6, 6.07) is 4.27. The number of rotatable bonds is 3. The molecule has 0 spiro atoms. The summed E-state index contributed by atoms with van der Waals surface area (Å²) in [5.41, 5.74) is 7.32. The van der Waals surface area contributed by atoms with E-state index in [1.807, 2.05) is 11.7 Å². The molecule has 0 radical (unpaired) electrons. The molecule has 1 heterocycles. The van der Waals surface area contributed by atoms with Crippen molar-refractivity contribution in [3.63, 3.8) is 0 Å². The number of aromatic nitrogens is 2. The number of benzene rings is 1. The van der Waals surface area contributed by atoms with Crippen LogP contribution < -0.4 is 5.32 Å². The van der Waals surface area contributed by atoms with Gasteiger partial charge >= 0.3 is 0 Å². The van der Waals surface area contributed by atoms with E-state index in [0.717, 1.165) is 16.7 Å². The molecule has 0 fully saturated rings. The van der Waals surface area contributed by atoms with Gasteiger partial charge < -0.3 is 5.32 Å². The van der Waals surface area contributed by atoms with E-state index in [9.17, 15) is 0 Å². The minimum absolute atomic E-state index is 0.814. The Hall–Kier alpha value is -1.29. The van der Waals surface area contributed by atoms with E-state index < -0.39 is 0 Å². The van der Waals surface area contributed by atoms with Gasteiger partial charge in [-0.1, -0.05) is 15.9 Å². The SMILES string of the molecule is Cc1cc(Br)cc(C)c1NCc1c(C)nn(C)c1C. The monoisotopic (exact) mass is 321 g/mol. The number of hydrogen-bond acceptors (Lipinski definition) is 2. The lowest BCUT2D eigenvalue weighted by Crippen LogP contribution is -2.05. The highest BCUT2D eigenvalue weighted by molar-refractivity contribution is 9.10. The lowest BCUT2D eigenvalue weighted by atomic mass is 10.1. The molecule has 0 aliphatic rings. The smallest absolute Gasteiger partial charge is 0.0646 e. The van der Waals surface area contributed by atoms with Crippen LogP contribution >= 0.6 is 15.9 Å². The Morgan fingerprint density at radius 3 is 2.21 bits per heavy atom. The Morgan fingerprint density at radius 1 is 1.16 bits per heavy atom. The lowest BCUT2D eigenvalue weighted by Gasteiger charge is -2.13. The van der Waals surface area contributed by atoms with Crippen molar-refractivity contribution >= 4 is 21.6 Å². The molecular weight excluding hydrogens is 302 g/mol. The predicted molar refractivity (Wildman–Crippen MR) is 83.6 cm³/mol. The predicted octanol–water partition coefficient (Wildman–Crippen LogP) is 4.03. The molecule has 19 heavy (non-hydrogen) atoms. The lowest BCUT2D eigenvalue weighted by molar-refractivity contribution is 0.730. The van der Waals surface area contributed by atoms with E-state index >= 15 is 0 Å². The van der Waals surface area contributed by atoms with Gasteiger partial charge in [0, 0.05) is 35.0 Å². The van der Waals surface area contributed by atoms with Gasteiger partial charge in [0.25, 0.3) is 0 Å². The molecule has 2 aromatic rings. The molecule has 3 nitrogen and oxygen atoms in total. The minimum atomic E-state index is 0.814. The van der Waals surface area contributed by atoms with E-state index in [1.165, 1.54) is 28.1 Å². The maximum atomic E-state index is 4.45. The van der Waals surface area contributed by atoms with Crippen LogP contribution in [-0.4, -0.2) is 9.78 Å². The minimum Gasteiger partial charge on any atom is -0.380 e. The maximum Gasteiger partial charge on any atom is 0.0646 e. The molecule has 1 aromatic carbocycles. The summed E-state index contributed by atoms with van der Waals surface area (Å²) in [6.07, 6.45) is 0. The van der Waals surface area contributed by atoms with E-state index in [1.54, 1.807) is 0 Å². The normalized spacial score (nSPS) is 10.8. The van der Waals surface area contributed by atoms with Crippen molar-refractivity contribution in [2.75, 3.05) is 5.32 Å². The van der Waals surface area contributed by atoms with Crippen LogP contribution in [0.2, 0.25) is 0 Å². The number of anilines is 1. The zero-order valence-corrected chi connectivity index (χ0v) is 13.7. The molecule has 0 amide bonds. The summed E-state index contributed by atoms with van der Waals surface area (Å²) in [4.78, 5) is 0. The molecular formula is C15H20BrN3. The van der Waals surface area contributed by atoms with Gasteiger partial charge in [0.05, 0.1) is 5.69 Å². The summed E-state index contributed by atoms with van der Waals surface area (Å²) in [6.45, 7) is 9.24. The molecule has 1 N–H and O–H groups in total. The van der Waals surface area contributed by atoms with E-state index in [0.29, 0.717) is 0 Å². The molecule has 0 atom stereocenters. The fourth-order valence-electron chi connectivity index (χ4n) is 2.44. The first-order valence-corrected chi connectivity index (χ1v) is 7.19. The van der Waals surface area contributed by atoms with Gasteiger partial charge in [0.1, 0.15) is 0 Å². The molecule has 0 aliphatic heterocycles. The largest absolute Gasteiger partial charge is 0.380 e. The highest BCUT2D eigenvalue weighted by atomic mass is 79.9. The molecule has 0 saturated heterocycles. The Labute approximate surface area is 123 Å². The third-order valence-corrected chi connectivity index (χ3v) is 4.06. The molecule has 1 aromatic heterocycles. The van der Waals surface area contributed by atoms with Gasteiger partial charge in [-0.15, -0.1) is 0 Å². The summed E-state index contributed by atoms with van der Waals surface area (Å²) in [5, 5.41) is 8.00. The summed E-state index contributed by atoms with van der Waals surface area (Å²) >= 11 is 3.53. The van der Waals surface area contributed by atoms with E-state index in [2.05, 4.69) is 66.2 Å². The van der Waals surface area contributed by atoms with Crippen LogP contribution in [0.3, 0.4) is 0 Å². The highest BCUT2D eigenvalue weighted by Gasteiger charge is 2.10. The van der Waals surface area contributed by atoms with E-state index in [-0.39, 0.29) is 0 Å². The average Bonchev–Trinajstić information content (AvgIpc) is 2.53. The molecule has 102 valence electrons. The van der Waals surface area contributed by atoms with Gasteiger partial charge in [0.15, 0.2) is 0 Å². The van der Waals surface area contributed by atoms with Crippen molar-refractivity contribution in [1.29, 1.82) is 0 Å². The Balaban J connectivity index is 2.24. The molecule has 0 unspecified atom stereocenters. The summed E-state index contributed by atoms with van der Waals surface area (Å²) in [5.74, 6) is 0. The van der Waals surface area contributed by atoms with Crippen molar-refractivity contribution in [1.82, 2.24) is 9.78 Å². The zero-order valence-electron chi connectivity index (χ0n) is 12.1. The van der Waals surface area contributed by atoms with E-state index in [4.69, 9.17) is 0 Å². The number of aryl methyl sites for hydroxylation is 4. The zero-order chi connectivity index (χ0) is 14.2. The number of nitrogens with one attached hydrogen (secondary N) is 1. The second-order valence-electron chi connectivity index (χ2n) is 5.04. The third-order valence-electron chi connectivity index (χ3n) is 3.60. The van der Waals surface area contributed by atoms with Crippen molar-refractivity contribution in [2.24, 2.45) is 7.05 Å². The first-order chi connectivity index (χ1) is 8.90. The van der Waals surface area contributed by atoms with Crippen molar-refractivity contribution in [3.05, 3.63) is 44.7 Å². The van der Waals surface area contributed by atoms with Gasteiger partial charge in [0.2, 0.25) is 0 Å². The van der Waals surface area contributed by atoms with Crippen LogP contribution in [0.1, 0.15) is 28.1 Å². The Bertz CT molecular complexity index is 591. The molecule has 0 bridgehead atoms. The maximum absolute atomic E-state index is 4.45. The van der Waals surface area contributed by atoms with Gasteiger partial charge in [-0.25, -0.2) is 0 Å². The van der Waals surface area contributed by atoms with Crippen LogP contribution in [0.5, 0.6) is 0 Å². The second-order valence-corrected chi connectivity index (χ2v) is 5.96. The molecule has 0 aliphatic carbocycles. The van der Waals surface area contributed by atoms with Crippen molar-refractivity contribution in [3.8, 4) is 0 Å². The average molecular weight is 322 g/mol. The van der Waals surface area contributed by atoms with Crippen LogP contribution in [-0.2, 0) is 13.6 Å². The van der Waals surface area contributed by atoms with Crippen molar-refractivity contribution < 1.29 is 0 Å². The van der Waals surface area contributed by atoms with Crippen LogP contribution in [0.15, 0.2) is 16.6 Å². The molecule has 2 rings (SSSR count). The van der Waals surface area contributed by atoms with Crippen LogP contribution in [0, 0.1) is 27.7 Å². The molecule has 0 saturated carbocycles. The number of nitrogens with zero attached hydrogens (tertiary/aromatic N) is 2. The number of hydrogen-bond donors (Lipinski definition) is 1. The second kappa shape index (κ2) is 5.37. The topological polar surface area (TPSA) is 29.9 Å². The fourth-order valence-corrected chi connectivity index (χ4v) is 3.13. The van der Waals surface area contributed by atoms with Gasteiger partial charge in [-0.05, 0) is 51.0 Å². The third kappa shape index (κ3) is 2.84. The summed E-state index contributed by atoms with van der Waals surface area (Å²) in [7, 11) is 1.99. The highest BCUT2D eigenvalue weighted by Crippen LogP contribution is 2.26. The fraction of sp³-hybridized carbons (Fsp3) is 0.400. The van der Waals surface area contributed by atoms with Crippen LogP contribution in [0.4, 0.5) is 5.69 Å². The first-order valence-electron chi connectivity index (χ1n) is 6.40. The van der Waals surface area contributed by atoms with Gasteiger partial charge in [-0.3, -0.25) is 4.68 Å². The number of halogens is 1. The Morgan fingerprint density at radius 2 is 1.74 bits per heavy atom. The first kappa shape index (κ1) is 14.1. The standard InChI is InChI=1S/C15H20BrN3/c1-9-6-13(16)7-10(2)15(9)17-8-14-11(3)18-19(5)12(14)4/h6-7,17H,8H2,1-5H3. The summed E-state index contributed by atoms with van der Waals surface area (Å²) < 4.78 is 3.06. The molecule has 4 heteroatoms. The van der Waals surface area contributed by atoms with Crippen LogP contribution in [0.25, 0.3) is 0 Å². The Kier molecular flexibility index (Phi) is 3.99.